The van der Waals surface area contributed by atoms with Crippen molar-refractivity contribution in [3.8, 4) is 0 Å². The van der Waals surface area contributed by atoms with Crippen LogP contribution in [0.5, 0.6) is 0 Å². The van der Waals surface area contributed by atoms with Crippen molar-refractivity contribution in [3.63, 3.8) is 0 Å². The summed E-state index contributed by atoms with van der Waals surface area (Å²) in [5.74, 6) is 1.39. The molecule has 1 atom stereocenters. The molecular formula is C15H18N6OS. The highest BCUT2D eigenvalue weighted by atomic mass is 32.1. The van der Waals surface area contributed by atoms with Gasteiger partial charge in [0.25, 0.3) is 0 Å². The number of nitrogens with one attached hydrogen (secondary N) is 1. The van der Waals surface area contributed by atoms with Gasteiger partial charge in [0, 0.05) is 49.3 Å². The molecule has 0 unspecified atom stereocenters. The molecule has 0 amide bonds. The Balaban J connectivity index is 1.40. The van der Waals surface area contributed by atoms with Crippen LogP contribution in [0.1, 0.15) is 23.7 Å². The highest BCUT2D eigenvalue weighted by Gasteiger charge is 2.20. The number of hydrogen-bond acceptors (Lipinski definition) is 7. The standard InChI is InChI=1S/C15H18N6OS/c16-14-19-12(10-2-5-22-9-10)7-13(20-14)17-3-1-11-8-21-4-6-23-15(21)18-11/h4,6-8,10H,1-3,5,9H2,(H3,16,17,19,20)/t10-/m0/s1. The number of ether oxygens (including phenoxy) is 1. The number of anilines is 2. The Hall–Kier alpha value is -2.19. The molecule has 0 saturated carbocycles. The summed E-state index contributed by atoms with van der Waals surface area (Å²) in [5, 5.41) is 5.35. The van der Waals surface area contributed by atoms with E-state index in [1.54, 1.807) is 11.3 Å². The number of aromatic nitrogens is 4. The summed E-state index contributed by atoms with van der Waals surface area (Å²) in [6.07, 6.45) is 5.90. The fourth-order valence-electron chi connectivity index (χ4n) is 2.77. The maximum Gasteiger partial charge on any atom is 0.222 e. The maximum atomic E-state index is 5.83. The zero-order chi connectivity index (χ0) is 15.6. The van der Waals surface area contributed by atoms with Crippen LogP contribution in [0.3, 0.4) is 0 Å². The third kappa shape index (κ3) is 3.13. The van der Waals surface area contributed by atoms with Crippen LogP contribution < -0.4 is 11.1 Å². The van der Waals surface area contributed by atoms with Gasteiger partial charge in [-0.05, 0) is 6.42 Å². The van der Waals surface area contributed by atoms with Crippen LogP contribution in [-0.2, 0) is 11.2 Å². The molecule has 1 saturated heterocycles. The van der Waals surface area contributed by atoms with Gasteiger partial charge >= 0.3 is 0 Å². The van der Waals surface area contributed by atoms with Gasteiger partial charge in [0.05, 0.1) is 18.0 Å². The van der Waals surface area contributed by atoms with Crippen LogP contribution in [-0.4, -0.2) is 39.1 Å². The molecular weight excluding hydrogens is 312 g/mol. The normalized spacial score (nSPS) is 17.8. The van der Waals surface area contributed by atoms with Gasteiger partial charge in [-0.25, -0.2) is 9.97 Å². The quantitative estimate of drug-likeness (QED) is 0.743. The summed E-state index contributed by atoms with van der Waals surface area (Å²) in [5.41, 5.74) is 7.85. The Morgan fingerprint density at radius 3 is 3.17 bits per heavy atom. The Morgan fingerprint density at radius 1 is 1.39 bits per heavy atom. The van der Waals surface area contributed by atoms with Gasteiger partial charge < -0.3 is 15.8 Å². The molecule has 3 aromatic heterocycles. The molecule has 7 nitrogen and oxygen atoms in total. The van der Waals surface area contributed by atoms with Crippen LogP contribution in [0.15, 0.2) is 23.8 Å². The molecule has 4 rings (SSSR count). The molecule has 0 spiro atoms. The number of imidazole rings is 1. The molecule has 0 aliphatic carbocycles. The second kappa shape index (κ2) is 6.13. The van der Waals surface area contributed by atoms with Gasteiger partial charge in [0.15, 0.2) is 4.96 Å². The van der Waals surface area contributed by atoms with Gasteiger partial charge in [-0.3, -0.25) is 4.40 Å². The highest BCUT2D eigenvalue weighted by Crippen LogP contribution is 2.25. The first kappa shape index (κ1) is 14.4. The lowest BCUT2D eigenvalue weighted by atomic mass is 10.0. The largest absolute Gasteiger partial charge is 0.381 e. The van der Waals surface area contributed by atoms with Gasteiger partial charge in [-0.1, -0.05) is 0 Å². The molecule has 4 heterocycles. The Bertz CT molecular complexity index is 779. The summed E-state index contributed by atoms with van der Waals surface area (Å²) in [6, 6.07) is 1.97. The Labute approximate surface area is 137 Å². The third-order valence-corrected chi connectivity index (χ3v) is 4.71. The topological polar surface area (TPSA) is 90.4 Å². The first-order valence-electron chi connectivity index (χ1n) is 7.65. The molecule has 0 aromatic carbocycles. The molecule has 8 heteroatoms. The predicted octanol–water partition coefficient (Wildman–Crippen LogP) is 1.93. The number of nitrogen functional groups attached to an aromatic ring is 1. The van der Waals surface area contributed by atoms with Gasteiger partial charge in [-0.2, -0.15) is 4.98 Å². The number of nitrogens with zero attached hydrogens (tertiary/aromatic N) is 4. The first-order chi connectivity index (χ1) is 11.3. The zero-order valence-corrected chi connectivity index (χ0v) is 13.4. The monoisotopic (exact) mass is 330 g/mol. The summed E-state index contributed by atoms with van der Waals surface area (Å²) in [7, 11) is 0. The van der Waals surface area contributed by atoms with Crippen molar-refractivity contribution in [1.82, 2.24) is 19.4 Å². The van der Waals surface area contributed by atoms with E-state index in [2.05, 4.69) is 26.5 Å². The minimum atomic E-state index is 0.305. The Kier molecular flexibility index (Phi) is 3.84. The van der Waals surface area contributed by atoms with Crippen molar-refractivity contribution < 1.29 is 4.74 Å². The number of thiazole rings is 1. The molecule has 1 aliphatic rings. The van der Waals surface area contributed by atoms with Crippen LogP contribution in [0.4, 0.5) is 11.8 Å². The van der Waals surface area contributed by atoms with Crippen molar-refractivity contribution >= 4 is 28.1 Å². The molecule has 120 valence electrons. The van der Waals surface area contributed by atoms with Crippen molar-refractivity contribution in [3.05, 3.63) is 35.2 Å². The summed E-state index contributed by atoms with van der Waals surface area (Å²) >= 11 is 1.64. The van der Waals surface area contributed by atoms with E-state index in [-0.39, 0.29) is 0 Å². The van der Waals surface area contributed by atoms with E-state index in [0.29, 0.717) is 18.5 Å². The van der Waals surface area contributed by atoms with Gasteiger partial charge in [-0.15, -0.1) is 11.3 Å². The lowest BCUT2D eigenvalue weighted by Crippen LogP contribution is -2.11. The van der Waals surface area contributed by atoms with E-state index in [1.165, 1.54) is 0 Å². The molecule has 23 heavy (non-hydrogen) atoms. The first-order valence-corrected chi connectivity index (χ1v) is 8.53. The molecule has 0 bridgehead atoms. The van der Waals surface area contributed by atoms with Crippen LogP contribution in [0.25, 0.3) is 4.96 Å². The van der Waals surface area contributed by atoms with E-state index in [4.69, 9.17) is 10.5 Å². The minimum Gasteiger partial charge on any atom is -0.381 e. The molecule has 3 N–H and O–H groups in total. The summed E-state index contributed by atoms with van der Waals surface area (Å²) in [4.78, 5) is 14.2. The smallest absolute Gasteiger partial charge is 0.222 e. The average molecular weight is 330 g/mol. The fourth-order valence-corrected chi connectivity index (χ4v) is 3.49. The van der Waals surface area contributed by atoms with E-state index in [1.807, 2.05) is 22.0 Å². The van der Waals surface area contributed by atoms with Crippen molar-refractivity contribution in [2.45, 2.75) is 18.8 Å². The lowest BCUT2D eigenvalue weighted by molar-refractivity contribution is 0.193. The fraction of sp³-hybridized carbons (Fsp3) is 0.400. The lowest BCUT2D eigenvalue weighted by Gasteiger charge is -2.11. The average Bonchev–Trinajstić information content (AvgIpc) is 3.23. The second-order valence-electron chi connectivity index (χ2n) is 5.60. The summed E-state index contributed by atoms with van der Waals surface area (Å²) in [6.45, 7) is 2.25. The van der Waals surface area contributed by atoms with E-state index in [9.17, 15) is 0 Å². The van der Waals surface area contributed by atoms with E-state index < -0.39 is 0 Å². The second-order valence-corrected chi connectivity index (χ2v) is 6.47. The number of fused-ring (bicyclic) bond motifs is 1. The Morgan fingerprint density at radius 2 is 2.35 bits per heavy atom. The van der Waals surface area contributed by atoms with E-state index in [0.717, 1.165) is 48.2 Å². The van der Waals surface area contributed by atoms with Crippen LogP contribution in [0.2, 0.25) is 0 Å². The van der Waals surface area contributed by atoms with Gasteiger partial charge in [0.1, 0.15) is 5.82 Å². The highest BCUT2D eigenvalue weighted by molar-refractivity contribution is 7.15. The zero-order valence-electron chi connectivity index (χ0n) is 12.6. The van der Waals surface area contributed by atoms with Crippen LogP contribution in [0, 0.1) is 0 Å². The summed E-state index contributed by atoms with van der Waals surface area (Å²) < 4.78 is 7.46. The molecule has 3 aromatic rings. The van der Waals surface area contributed by atoms with Crippen LogP contribution >= 0.6 is 11.3 Å². The minimum absolute atomic E-state index is 0.305. The number of nitrogens with two attached hydrogens (primary N) is 1. The van der Waals surface area contributed by atoms with Crippen molar-refractivity contribution in [1.29, 1.82) is 0 Å². The van der Waals surface area contributed by atoms with E-state index >= 15 is 0 Å². The van der Waals surface area contributed by atoms with Gasteiger partial charge in [0.2, 0.25) is 5.95 Å². The number of rotatable bonds is 5. The third-order valence-electron chi connectivity index (χ3n) is 3.94. The SMILES string of the molecule is Nc1nc(NCCc2cn3ccsc3n2)cc([C@H]2CCOC2)n1. The molecule has 1 aliphatic heterocycles. The van der Waals surface area contributed by atoms with Crippen molar-refractivity contribution in [2.24, 2.45) is 0 Å². The maximum absolute atomic E-state index is 5.83. The number of hydrogen-bond donors (Lipinski definition) is 2. The molecule has 0 radical (unpaired) electrons. The predicted molar refractivity (Wildman–Crippen MR) is 89.9 cm³/mol. The molecule has 1 fully saturated rings. The van der Waals surface area contributed by atoms with Crippen molar-refractivity contribution in [2.75, 3.05) is 30.8 Å².